The van der Waals surface area contributed by atoms with Crippen LogP contribution in [0.4, 0.5) is 5.82 Å². The van der Waals surface area contributed by atoms with Gasteiger partial charge in [-0.05, 0) is 12.1 Å². The van der Waals surface area contributed by atoms with Crippen LogP contribution in [0.1, 0.15) is 26.5 Å². The number of anilines is 1. The van der Waals surface area contributed by atoms with E-state index in [9.17, 15) is 9.59 Å². The fourth-order valence-corrected chi connectivity index (χ4v) is 2.75. The van der Waals surface area contributed by atoms with E-state index in [1.54, 1.807) is 4.68 Å². The molecule has 0 atom stereocenters. The van der Waals surface area contributed by atoms with Crippen molar-refractivity contribution in [3.8, 4) is 5.69 Å². The quantitative estimate of drug-likeness (QED) is 0.698. The van der Waals surface area contributed by atoms with Crippen LogP contribution in [-0.4, -0.2) is 25.5 Å². The zero-order chi connectivity index (χ0) is 20.5. The number of amides is 1. The van der Waals surface area contributed by atoms with Crippen LogP contribution in [0.15, 0.2) is 47.4 Å². The van der Waals surface area contributed by atoms with E-state index in [0.29, 0.717) is 5.82 Å². The van der Waals surface area contributed by atoms with Crippen molar-refractivity contribution in [3.05, 3.63) is 68.7 Å². The number of carbonyl (C=O) groups excluding carboxylic acids is 1. The third-order valence-corrected chi connectivity index (χ3v) is 4.73. The molecule has 0 saturated heterocycles. The lowest BCUT2D eigenvalue weighted by molar-refractivity contribution is -0.117. The maximum Gasteiger partial charge on any atom is 0.287 e. The van der Waals surface area contributed by atoms with E-state index in [1.807, 2.05) is 57.2 Å². The highest BCUT2D eigenvalue weighted by molar-refractivity contribution is 6.41. The van der Waals surface area contributed by atoms with E-state index in [-0.39, 0.29) is 22.0 Å². The number of nitrogens with one attached hydrogen (secondary N) is 1. The minimum absolute atomic E-state index is 0.0419. The highest BCUT2D eigenvalue weighted by Crippen LogP contribution is 2.26. The van der Waals surface area contributed by atoms with Gasteiger partial charge in [-0.2, -0.15) is 10.2 Å². The molecule has 2 heterocycles. The van der Waals surface area contributed by atoms with Crippen molar-refractivity contribution in [1.29, 1.82) is 0 Å². The summed E-state index contributed by atoms with van der Waals surface area (Å²) in [6.07, 6.45) is 1.23. The van der Waals surface area contributed by atoms with Gasteiger partial charge in [0.15, 0.2) is 0 Å². The number of para-hydroxylation sites is 1. The molecule has 28 heavy (non-hydrogen) atoms. The van der Waals surface area contributed by atoms with E-state index >= 15 is 0 Å². The molecule has 0 radical (unpaired) electrons. The average molecular weight is 420 g/mol. The van der Waals surface area contributed by atoms with Crippen molar-refractivity contribution >= 4 is 34.9 Å². The lowest BCUT2D eigenvalue weighted by atomic mass is 9.92. The number of rotatable bonds is 4. The Morgan fingerprint density at radius 3 is 2.50 bits per heavy atom. The minimum atomic E-state index is -0.628. The molecule has 0 saturated carbocycles. The van der Waals surface area contributed by atoms with Crippen LogP contribution in [0, 0.1) is 0 Å². The number of aromatic nitrogens is 4. The average Bonchev–Trinajstić information content (AvgIpc) is 3.07. The van der Waals surface area contributed by atoms with Crippen molar-refractivity contribution in [2.45, 2.75) is 32.7 Å². The summed E-state index contributed by atoms with van der Waals surface area (Å²) in [5, 5.41) is 11.2. The lowest BCUT2D eigenvalue weighted by Gasteiger charge is -2.14. The van der Waals surface area contributed by atoms with Crippen molar-refractivity contribution in [2.24, 2.45) is 0 Å². The lowest BCUT2D eigenvalue weighted by Crippen LogP contribution is -2.30. The van der Waals surface area contributed by atoms with Gasteiger partial charge < -0.3 is 5.32 Å². The maximum atomic E-state index is 12.5. The number of nitrogens with zero attached hydrogens (tertiary/aromatic N) is 4. The van der Waals surface area contributed by atoms with Crippen LogP contribution in [0.25, 0.3) is 5.69 Å². The smallest absolute Gasteiger partial charge is 0.287 e. The molecule has 0 aliphatic rings. The van der Waals surface area contributed by atoms with Gasteiger partial charge in [0.2, 0.25) is 5.91 Å². The van der Waals surface area contributed by atoms with Gasteiger partial charge in [0, 0.05) is 11.5 Å². The van der Waals surface area contributed by atoms with Gasteiger partial charge >= 0.3 is 0 Å². The summed E-state index contributed by atoms with van der Waals surface area (Å²) in [7, 11) is 0. The Morgan fingerprint density at radius 1 is 1.18 bits per heavy atom. The molecule has 3 aromatic rings. The second-order valence-electron chi connectivity index (χ2n) is 7.23. The molecule has 146 valence electrons. The molecule has 0 aliphatic carbocycles. The summed E-state index contributed by atoms with van der Waals surface area (Å²) in [5.74, 6) is 0.0553. The van der Waals surface area contributed by atoms with Gasteiger partial charge in [0.1, 0.15) is 17.4 Å². The predicted molar refractivity (Wildman–Crippen MR) is 109 cm³/mol. The van der Waals surface area contributed by atoms with Crippen molar-refractivity contribution in [1.82, 2.24) is 19.6 Å². The molecule has 7 nitrogen and oxygen atoms in total. The Labute approximate surface area is 171 Å². The zero-order valence-electron chi connectivity index (χ0n) is 15.6. The third kappa shape index (κ3) is 4.26. The summed E-state index contributed by atoms with van der Waals surface area (Å²) in [6.45, 7) is 5.81. The number of benzene rings is 1. The standard InChI is InChI=1S/C19H19Cl2N5O2/c1-19(2,3)14-9-15(26(24-14)12-7-5-4-6-8-12)23-16(27)11-25-18(28)17(21)13(20)10-22-25/h4-10H,11H2,1-3H3,(H,23,27). The molecule has 1 aromatic carbocycles. The van der Waals surface area contributed by atoms with Crippen LogP contribution >= 0.6 is 23.2 Å². The Bertz CT molecular complexity index is 1070. The number of carbonyl (C=O) groups is 1. The molecule has 1 N–H and O–H groups in total. The van der Waals surface area contributed by atoms with Gasteiger partial charge in [0.05, 0.1) is 22.6 Å². The SMILES string of the molecule is CC(C)(C)c1cc(NC(=O)Cn2ncc(Cl)c(Cl)c2=O)n(-c2ccccc2)n1. The minimum Gasteiger partial charge on any atom is -0.309 e. The summed E-state index contributed by atoms with van der Waals surface area (Å²) in [4.78, 5) is 24.6. The van der Waals surface area contributed by atoms with Gasteiger partial charge in [0.25, 0.3) is 5.56 Å². The Hall–Kier alpha value is -2.64. The van der Waals surface area contributed by atoms with E-state index in [1.165, 1.54) is 6.20 Å². The Balaban J connectivity index is 1.91. The number of hydrogen-bond acceptors (Lipinski definition) is 4. The van der Waals surface area contributed by atoms with Crippen LogP contribution in [0.5, 0.6) is 0 Å². The van der Waals surface area contributed by atoms with Gasteiger partial charge in [-0.3, -0.25) is 9.59 Å². The van der Waals surface area contributed by atoms with Crippen LogP contribution in [0.3, 0.4) is 0 Å². The largest absolute Gasteiger partial charge is 0.309 e. The Kier molecular flexibility index (Phi) is 5.58. The first kappa shape index (κ1) is 20.1. The predicted octanol–water partition coefficient (Wildman–Crippen LogP) is 3.67. The summed E-state index contributed by atoms with van der Waals surface area (Å²) >= 11 is 11.6. The molecule has 1 amide bonds. The fourth-order valence-electron chi connectivity index (χ4n) is 2.48. The third-order valence-electron chi connectivity index (χ3n) is 3.98. The molecular formula is C19H19Cl2N5O2. The number of halogens is 2. The fraction of sp³-hybridized carbons (Fsp3) is 0.263. The molecule has 3 rings (SSSR count). The monoisotopic (exact) mass is 419 g/mol. The summed E-state index contributed by atoms with van der Waals surface area (Å²) in [6, 6.07) is 11.3. The molecule has 0 fully saturated rings. The van der Waals surface area contributed by atoms with E-state index in [4.69, 9.17) is 23.2 Å². The topological polar surface area (TPSA) is 81.8 Å². The second kappa shape index (κ2) is 7.77. The maximum absolute atomic E-state index is 12.5. The van der Waals surface area contributed by atoms with E-state index in [0.717, 1.165) is 16.1 Å². The van der Waals surface area contributed by atoms with Crippen molar-refractivity contribution in [2.75, 3.05) is 5.32 Å². The molecule has 9 heteroatoms. The van der Waals surface area contributed by atoms with Gasteiger partial charge in [-0.1, -0.05) is 62.2 Å². The van der Waals surface area contributed by atoms with Gasteiger partial charge in [-0.25, -0.2) is 9.36 Å². The molecular weight excluding hydrogens is 401 g/mol. The highest BCUT2D eigenvalue weighted by Gasteiger charge is 2.22. The highest BCUT2D eigenvalue weighted by atomic mass is 35.5. The van der Waals surface area contributed by atoms with E-state index in [2.05, 4.69) is 15.5 Å². The van der Waals surface area contributed by atoms with Crippen molar-refractivity contribution < 1.29 is 4.79 Å². The van der Waals surface area contributed by atoms with Crippen LogP contribution in [0.2, 0.25) is 10.0 Å². The molecule has 0 unspecified atom stereocenters. The van der Waals surface area contributed by atoms with E-state index < -0.39 is 11.5 Å². The first-order valence-electron chi connectivity index (χ1n) is 8.54. The molecule has 2 aromatic heterocycles. The van der Waals surface area contributed by atoms with Crippen LogP contribution < -0.4 is 10.9 Å². The van der Waals surface area contributed by atoms with Crippen molar-refractivity contribution in [3.63, 3.8) is 0 Å². The van der Waals surface area contributed by atoms with Crippen LogP contribution in [-0.2, 0) is 16.8 Å². The summed E-state index contributed by atoms with van der Waals surface area (Å²) < 4.78 is 2.61. The normalized spacial score (nSPS) is 11.5. The first-order valence-corrected chi connectivity index (χ1v) is 9.29. The Morgan fingerprint density at radius 2 is 1.86 bits per heavy atom. The molecule has 0 aliphatic heterocycles. The molecule has 0 bridgehead atoms. The first-order chi connectivity index (χ1) is 13.2. The zero-order valence-corrected chi connectivity index (χ0v) is 17.1. The van der Waals surface area contributed by atoms with Gasteiger partial charge in [-0.15, -0.1) is 0 Å². The molecule has 0 spiro atoms. The summed E-state index contributed by atoms with van der Waals surface area (Å²) in [5.41, 5.74) is 0.785. The number of hydrogen-bond donors (Lipinski definition) is 1. The second-order valence-corrected chi connectivity index (χ2v) is 8.01.